The molecule has 2 heterocycles. The van der Waals surface area contributed by atoms with Crippen LogP contribution in [0.4, 0.5) is 15.8 Å². The first-order valence-corrected chi connectivity index (χ1v) is 17.3. The molecule has 0 spiro atoms. The number of rotatable bonds is 9. The Morgan fingerprint density at radius 3 is 2.33 bits per heavy atom. The highest BCUT2D eigenvalue weighted by Gasteiger charge is 2.38. The van der Waals surface area contributed by atoms with Crippen LogP contribution in [0.5, 0.6) is 11.5 Å². The second-order valence-electron chi connectivity index (χ2n) is 13.7. The normalized spacial score (nSPS) is 21.8. The summed E-state index contributed by atoms with van der Waals surface area (Å²) >= 11 is 6.25. The average molecular weight is 677 g/mol. The van der Waals surface area contributed by atoms with Gasteiger partial charge in [-0.25, -0.2) is 4.39 Å². The average Bonchev–Trinajstić information content (AvgIpc) is 3.06. The molecule has 1 saturated heterocycles. The maximum atomic E-state index is 16.2. The molecule has 0 N–H and O–H groups in total. The molecular formula is C38H46ClFN4O4. The Hall–Kier alpha value is -3.82. The van der Waals surface area contributed by atoms with Gasteiger partial charge >= 0.3 is 0 Å². The summed E-state index contributed by atoms with van der Waals surface area (Å²) < 4.78 is 28.0. The van der Waals surface area contributed by atoms with Gasteiger partial charge in [-0.2, -0.15) is 0 Å². The van der Waals surface area contributed by atoms with Crippen LogP contribution in [-0.4, -0.2) is 81.1 Å². The third kappa shape index (κ3) is 7.13. The van der Waals surface area contributed by atoms with E-state index in [0.717, 1.165) is 67.7 Å². The Balaban J connectivity index is 1.22. The number of carbonyl (C=O) groups is 2. The van der Waals surface area contributed by atoms with Gasteiger partial charge in [-0.05, 0) is 105 Å². The third-order valence-electron chi connectivity index (χ3n) is 10.1. The zero-order valence-corrected chi connectivity index (χ0v) is 29.3. The van der Waals surface area contributed by atoms with Gasteiger partial charge in [0.25, 0.3) is 0 Å². The monoisotopic (exact) mass is 676 g/mol. The van der Waals surface area contributed by atoms with E-state index >= 15 is 4.39 Å². The van der Waals surface area contributed by atoms with E-state index in [-0.39, 0.29) is 30.0 Å². The van der Waals surface area contributed by atoms with E-state index in [9.17, 15) is 9.59 Å². The van der Waals surface area contributed by atoms with Crippen molar-refractivity contribution in [3.63, 3.8) is 0 Å². The minimum atomic E-state index is -0.595. The zero-order valence-electron chi connectivity index (χ0n) is 28.5. The fourth-order valence-electron chi connectivity index (χ4n) is 7.51. The lowest BCUT2D eigenvalue weighted by atomic mass is 9.84. The van der Waals surface area contributed by atoms with Crippen LogP contribution in [0.1, 0.15) is 62.3 Å². The largest absolute Gasteiger partial charge is 0.493 e. The Bertz CT molecular complexity index is 1640. The Kier molecular flexibility index (Phi) is 10.2. The van der Waals surface area contributed by atoms with Crippen molar-refractivity contribution < 1.29 is 23.5 Å². The minimum Gasteiger partial charge on any atom is -0.493 e. The number of benzene rings is 3. The number of anilines is 2. The maximum absolute atomic E-state index is 16.2. The van der Waals surface area contributed by atoms with Crippen LogP contribution in [0.2, 0.25) is 5.02 Å². The molecule has 3 aromatic rings. The summed E-state index contributed by atoms with van der Waals surface area (Å²) in [5.41, 5.74) is 3.48. The third-order valence-corrected chi connectivity index (χ3v) is 10.4. The number of fused-ring (bicyclic) bond motifs is 1. The van der Waals surface area contributed by atoms with Crippen LogP contribution in [0.15, 0.2) is 54.6 Å². The van der Waals surface area contributed by atoms with Crippen molar-refractivity contribution in [1.82, 2.24) is 9.80 Å². The number of likely N-dealkylation sites (N-methyl/N-ethyl adjacent to an activating group) is 1. The van der Waals surface area contributed by atoms with Crippen molar-refractivity contribution in [2.75, 3.05) is 57.2 Å². The Morgan fingerprint density at radius 2 is 1.69 bits per heavy atom. The molecule has 3 aromatic carbocycles. The van der Waals surface area contributed by atoms with E-state index in [1.165, 1.54) is 0 Å². The van der Waals surface area contributed by atoms with Gasteiger partial charge in [-0.3, -0.25) is 19.4 Å². The molecule has 8 nitrogen and oxygen atoms in total. The van der Waals surface area contributed by atoms with Gasteiger partial charge < -0.3 is 19.3 Å². The summed E-state index contributed by atoms with van der Waals surface area (Å²) in [5.74, 6) is 1.16. The molecule has 0 aromatic heterocycles. The highest BCUT2D eigenvalue weighted by atomic mass is 35.5. The van der Waals surface area contributed by atoms with Gasteiger partial charge in [0.1, 0.15) is 5.82 Å². The number of hydrogen-bond acceptors (Lipinski definition) is 6. The van der Waals surface area contributed by atoms with Crippen molar-refractivity contribution in [1.29, 1.82) is 0 Å². The molecule has 0 bridgehead atoms. The predicted molar refractivity (Wildman–Crippen MR) is 188 cm³/mol. The summed E-state index contributed by atoms with van der Waals surface area (Å²) in [6, 6.07) is 16.1. The number of ether oxygens (including phenoxy) is 2. The van der Waals surface area contributed by atoms with Gasteiger partial charge in [-0.15, -0.1) is 0 Å². The lowest BCUT2D eigenvalue weighted by Crippen LogP contribution is -2.53. The number of methoxy groups -OCH3 is 1. The molecule has 48 heavy (non-hydrogen) atoms. The zero-order chi connectivity index (χ0) is 34.1. The minimum absolute atomic E-state index is 0.0908. The molecule has 1 saturated carbocycles. The first-order valence-electron chi connectivity index (χ1n) is 17.0. The molecule has 1 atom stereocenters. The van der Waals surface area contributed by atoms with Crippen molar-refractivity contribution in [2.45, 2.75) is 64.1 Å². The Labute approximate surface area is 288 Å². The van der Waals surface area contributed by atoms with Crippen molar-refractivity contribution in [3.05, 3.63) is 82.1 Å². The van der Waals surface area contributed by atoms with Crippen molar-refractivity contribution in [2.24, 2.45) is 5.92 Å². The van der Waals surface area contributed by atoms with Crippen LogP contribution in [0.3, 0.4) is 0 Å². The van der Waals surface area contributed by atoms with Gasteiger partial charge in [0, 0.05) is 50.5 Å². The predicted octanol–water partition coefficient (Wildman–Crippen LogP) is 6.72. The van der Waals surface area contributed by atoms with E-state index in [2.05, 4.69) is 9.80 Å². The topological polar surface area (TPSA) is 65.6 Å². The molecule has 3 aliphatic rings. The van der Waals surface area contributed by atoms with Gasteiger partial charge in [-0.1, -0.05) is 23.7 Å². The molecule has 2 fully saturated rings. The number of amides is 2. The lowest BCUT2D eigenvalue weighted by molar-refractivity contribution is -0.135. The first-order chi connectivity index (χ1) is 23.0. The van der Waals surface area contributed by atoms with E-state index in [1.807, 2.05) is 63.2 Å². The number of nitrogens with zero attached hydrogens (tertiary/aromatic N) is 4. The van der Waals surface area contributed by atoms with Crippen LogP contribution in [0.25, 0.3) is 0 Å². The lowest BCUT2D eigenvalue weighted by Gasteiger charge is -2.41. The van der Waals surface area contributed by atoms with Crippen LogP contribution in [-0.2, 0) is 16.0 Å². The quantitative estimate of drug-likeness (QED) is 0.251. The number of piperazine rings is 1. The SMILES string of the molecule is COc1cc2c(cc1OC(C)C)[C@H](c1ccc(Cl)cc1)N(c1ccc(N(C)CC3CCC(N4CCN(C)C(=O)C4)CC3)cc1F)C(=O)C2. The fraction of sp³-hybridized carbons (Fsp3) is 0.474. The van der Waals surface area contributed by atoms with Crippen LogP contribution in [0, 0.1) is 11.7 Å². The molecule has 0 radical (unpaired) electrons. The summed E-state index contributed by atoms with van der Waals surface area (Å²) in [7, 11) is 5.46. The van der Waals surface area contributed by atoms with Crippen molar-refractivity contribution >= 4 is 34.8 Å². The maximum Gasteiger partial charge on any atom is 0.236 e. The second-order valence-corrected chi connectivity index (χ2v) is 14.2. The molecule has 2 amide bonds. The molecule has 10 heteroatoms. The molecule has 1 aliphatic carbocycles. The molecule has 256 valence electrons. The Morgan fingerprint density at radius 1 is 0.958 bits per heavy atom. The van der Waals surface area contributed by atoms with Gasteiger partial charge in [0.2, 0.25) is 11.8 Å². The summed E-state index contributed by atoms with van der Waals surface area (Å²) in [4.78, 5) is 34.0. The number of halogens is 2. The molecule has 0 unspecified atom stereocenters. The number of carbonyl (C=O) groups excluding carboxylic acids is 2. The van der Waals surface area contributed by atoms with E-state index in [1.54, 1.807) is 36.3 Å². The number of hydrogen-bond donors (Lipinski definition) is 0. The smallest absolute Gasteiger partial charge is 0.236 e. The molecule has 6 rings (SSSR count). The molecule has 2 aliphatic heterocycles. The standard InChI is InChI=1S/C38H46ClFN4O4/c1-24(2)48-35-21-31-27(18-34(35)47-5)19-36(45)44(38(31)26-8-10-28(39)11-9-26)33-15-14-30(20-32(33)40)42(4)22-25-6-12-29(13-7-25)43-17-16-41(3)37(46)23-43/h8-11,14-15,18,20-21,24-25,29,38H,6-7,12-13,16-17,19,22-23H2,1-5H3/t25?,29?,38-/m0/s1. The van der Waals surface area contributed by atoms with E-state index in [4.69, 9.17) is 21.1 Å². The van der Waals surface area contributed by atoms with E-state index < -0.39 is 11.9 Å². The highest BCUT2D eigenvalue weighted by Crippen LogP contribution is 2.45. The van der Waals surface area contributed by atoms with Crippen LogP contribution >= 0.6 is 11.6 Å². The molecular weight excluding hydrogens is 631 g/mol. The van der Waals surface area contributed by atoms with Gasteiger partial charge in [0.15, 0.2) is 11.5 Å². The fourth-order valence-corrected chi connectivity index (χ4v) is 7.64. The van der Waals surface area contributed by atoms with Crippen molar-refractivity contribution in [3.8, 4) is 11.5 Å². The second kappa shape index (κ2) is 14.3. The first kappa shape index (κ1) is 34.1. The van der Waals surface area contributed by atoms with E-state index in [0.29, 0.717) is 35.0 Å². The van der Waals surface area contributed by atoms with Crippen LogP contribution < -0.4 is 19.3 Å². The summed E-state index contributed by atoms with van der Waals surface area (Å²) in [6.45, 7) is 6.96. The highest BCUT2D eigenvalue weighted by molar-refractivity contribution is 6.30. The summed E-state index contributed by atoms with van der Waals surface area (Å²) in [6.07, 6.45) is 4.31. The van der Waals surface area contributed by atoms with Gasteiger partial charge in [0.05, 0.1) is 37.9 Å². The summed E-state index contributed by atoms with van der Waals surface area (Å²) in [5, 5.41) is 0.577.